The monoisotopic (exact) mass is 315 g/mol. The molecule has 0 radical (unpaired) electrons. The molecule has 1 aromatic carbocycles. The molecule has 0 saturated carbocycles. The van der Waals surface area contributed by atoms with Gasteiger partial charge in [0.2, 0.25) is 5.91 Å². The molecule has 3 aliphatic rings. The molecule has 3 aliphatic heterocycles. The fraction of sp³-hybridized carbons (Fsp3) is 0.500. The zero-order valence-electron chi connectivity index (χ0n) is 13.1. The number of carbonyl (C=O) groups excluding carboxylic acids is 1. The van der Waals surface area contributed by atoms with E-state index in [0.29, 0.717) is 12.5 Å². The SMILES string of the molecule is O=C(N1CC=C(c2ccc(F)cc2)CC1)C12CNCC1CNC2. The van der Waals surface area contributed by atoms with Gasteiger partial charge in [-0.1, -0.05) is 18.2 Å². The first-order valence-corrected chi connectivity index (χ1v) is 8.35. The third-order valence-electron chi connectivity index (χ3n) is 5.58. The number of nitrogens with one attached hydrogen (secondary N) is 2. The fourth-order valence-electron chi connectivity index (χ4n) is 4.17. The van der Waals surface area contributed by atoms with Crippen LogP contribution in [0.15, 0.2) is 30.3 Å². The third kappa shape index (κ3) is 2.48. The Morgan fingerprint density at radius 1 is 1.17 bits per heavy atom. The molecule has 4 rings (SSSR count). The topological polar surface area (TPSA) is 44.4 Å². The van der Waals surface area contributed by atoms with Crippen LogP contribution in [0.5, 0.6) is 0 Å². The predicted molar refractivity (Wildman–Crippen MR) is 87.2 cm³/mol. The van der Waals surface area contributed by atoms with Gasteiger partial charge in [-0.05, 0) is 29.7 Å². The summed E-state index contributed by atoms with van der Waals surface area (Å²) in [5.74, 6) is 0.485. The Balaban J connectivity index is 1.48. The van der Waals surface area contributed by atoms with E-state index >= 15 is 0 Å². The molecule has 0 unspecified atom stereocenters. The van der Waals surface area contributed by atoms with Gasteiger partial charge >= 0.3 is 0 Å². The number of amides is 1. The molecule has 2 fully saturated rings. The van der Waals surface area contributed by atoms with E-state index in [0.717, 1.165) is 44.7 Å². The lowest BCUT2D eigenvalue weighted by Crippen LogP contribution is -2.50. The average Bonchev–Trinajstić information content (AvgIpc) is 3.16. The van der Waals surface area contributed by atoms with E-state index in [9.17, 15) is 9.18 Å². The summed E-state index contributed by atoms with van der Waals surface area (Å²) in [6.45, 7) is 4.84. The summed E-state index contributed by atoms with van der Waals surface area (Å²) in [4.78, 5) is 15.0. The summed E-state index contributed by atoms with van der Waals surface area (Å²) >= 11 is 0. The van der Waals surface area contributed by atoms with E-state index < -0.39 is 0 Å². The van der Waals surface area contributed by atoms with Crippen LogP contribution in [0.2, 0.25) is 0 Å². The Morgan fingerprint density at radius 2 is 1.87 bits per heavy atom. The maximum Gasteiger partial charge on any atom is 0.232 e. The van der Waals surface area contributed by atoms with E-state index in [4.69, 9.17) is 0 Å². The number of fused-ring (bicyclic) bond motifs is 1. The highest BCUT2D eigenvalue weighted by atomic mass is 19.1. The van der Waals surface area contributed by atoms with E-state index in [1.54, 1.807) is 0 Å². The number of halogens is 1. The lowest BCUT2D eigenvalue weighted by Gasteiger charge is -2.35. The number of carbonyl (C=O) groups is 1. The highest BCUT2D eigenvalue weighted by molar-refractivity contribution is 5.85. The molecule has 1 amide bonds. The van der Waals surface area contributed by atoms with Crippen LogP contribution in [0, 0.1) is 17.2 Å². The Bertz CT molecular complexity index is 630. The standard InChI is InChI=1S/C18H22FN3O/c19-16-3-1-13(2-4-16)14-5-7-22(8-6-14)17(23)18-11-20-9-15(18)10-21-12-18/h1-5,15,20-21H,6-12H2. The van der Waals surface area contributed by atoms with Gasteiger partial charge in [-0.15, -0.1) is 0 Å². The van der Waals surface area contributed by atoms with E-state index in [1.165, 1.54) is 17.7 Å². The van der Waals surface area contributed by atoms with E-state index in [1.807, 2.05) is 17.0 Å². The van der Waals surface area contributed by atoms with Crippen LogP contribution in [0.3, 0.4) is 0 Å². The molecule has 122 valence electrons. The van der Waals surface area contributed by atoms with Crippen molar-refractivity contribution >= 4 is 11.5 Å². The molecule has 5 heteroatoms. The summed E-state index contributed by atoms with van der Waals surface area (Å²) in [6.07, 6.45) is 2.95. The van der Waals surface area contributed by atoms with Crippen molar-refractivity contribution in [1.29, 1.82) is 0 Å². The Labute approximate surface area is 135 Å². The first-order chi connectivity index (χ1) is 11.2. The zero-order chi connectivity index (χ0) is 15.9. The molecule has 4 nitrogen and oxygen atoms in total. The van der Waals surface area contributed by atoms with Crippen molar-refractivity contribution in [1.82, 2.24) is 15.5 Å². The van der Waals surface area contributed by atoms with Gasteiger partial charge in [0.05, 0.1) is 5.41 Å². The Hall–Kier alpha value is -1.72. The number of hydrogen-bond donors (Lipinski definition) is 2. The van der Waals surface area contributed by atoms with Crippen LogP contribution in [0.25, 0.3) is 5.57 Å². The minimum Gasteiger partial charge on any atom is -0.338 e. The maximum atomic E-state index is 13.1. The molecule has 0 bridgehead atoms. The molecule has 2 saturated heterocycles. The fourth-order valence-corrected chi connectivity index (χ4v) is 4.17. The molecular formula is C18H22FN3O. The summed E-state index contributed by atoms with van der Waals surface area (Å²) in [5, 5.41) is 6.77. The second-order valence-corrected chi connectivity index (χ2v) is 6.85. The smallest absolute Gasteiger partial charge is 0.232 e. The second-order valence-electron chi connectivity index (χ2n) is 6.85. The van der Waals surface area contributed by atoms with Crippen molar-refractivity contribution in [3.63, 3.8) is 0 Å². The summed E-state index contributed by atoms with van der Waals surface area (Å²) < 4.78 is 13.0. The quantitative estimate of drug-likeness (QED) is 0.863. The Kier molecular flexibility index (Phi) is 3.70. The third-order valence-corrected chi connectivity index (χ3v) is 5.58. The van der Waals surface area contributed by atoms with Crippen LogP contribution in [-0.4, -0.2) is 50.1 Å². The van der Waals surface area contributed by atoms with Crippen molar-refractivity contribution in [2.75, 3.05) is 39.3 Å². The van der Waals surface area contributed by atoms with Gasteiger partial charge in [0.25, 0.3) is 0 Å². The molecular weight excluding hydrogens is 293 g/mol. The minimum atomic E-state index is -0.249. The highest BCUT2D eigenvalue weighted by Crippen LogP contribution is 2.37. The van der Waals surface area contributed by atoms with Crippen LogP contribution >= 0.6 is 0 Å². The largest absolute Gasteiger partial charge is 0.338 e. The number of nitrogens with zero attached hydrogens (tertiary/aromatic N) is 1. The van der Waals surface area contributed by atoms with Crippen molar-refractivity contribution in [3.05, 3.63) is 41.7 Å². The van der Waals surface area contributed by atoms with Gasteiger partial charge in [-0.2, -0.15) is 0 Å². The van der Waals surface area contributed by atoms with Crippen molar-refractivity contribution in [3.8, 4) is 0 Å². The van der Waals surface area contributed by atoms with Crippen LogP contribution in [-0.2, 0) is 4.79 Å². The molecule has 2 N–H and O–H groups in total. The summed E-state index contributed by atoms with van der Waals surface area (Å²) in [7, 11) is 0. The van der Waals surface area contributed by atoms with Crippen molar-refractivity contribution in [2.45, 2.75) is 6.42 Å². The molecule has 0 aromatic heterocycles. The van der Waals surface area contributed by atoms with Crippen LogP contribution in [0.4, 0.5) is 4.39 Å². The molecule has 3 heterocycles. The van der Waals surface area contributed by atoms with Gasteiger partial charge in [-0.3, -0.25) is 4.79 Å². The average molecular weight is 315 g/mol. The molecule has 1 aromatic rings. The first-order valence-electron chi connectivity index (χ1n) is 8.35. The van der Waals surface area contributed by atoms with Crippen LogP contribution < -0.4 is 10.6 Å². The molecule has 0 aliphatic carbocycles. The van der Waals surface area contributed by atoms with Gasteiger partial charge in [0.15, 0.2) is 0 Å². The zero-order valence-corrected chi connectivity index (χ0v) is 13.1. The van der Waals surface area contributed by atoms with E-state index in [2.05, 4.69) is 16.7 Å². The highest BCUT2D eigenvalue weighted by Gasteiger charge is 2.53. The van der Waals surface area contributed by atoms with E-state index in [-0.39, 0.29) is 17.1 Å². The van der Waals surface area contributed by atoms with Gasteiger partial charge in [0.1, 0.15) is 5.82 Å². The summed E-state index contributed by atoms with van der Waals surface area (Å²) in [5.41, 5.74) is 2.01. The molecule has 0 atom stereocenters. The molecule has 0 spiro atoms. The van der Waals surface area contributed by atoms with Crippen molar-refractivity contribution in [2.24, 2.45) is 11.3 Å². The second kappa shape index (κ2) is 5.73. The van der Waals surface area contributed by atoms with Crippen LogP contribution in [0.1, 0.15) is 12.0 Å². The predicted octanol–water partition coefficient (Wildman–Crippen LogP) is 1.25. The van der Waals surface area contributed by atoms with Crippen molar-refractivity contribution < 1.29 is 9.18 Å². The minimum absolute atomic E-state index is 0.213. The number of rotatable bonds is 2. The number of benzene rings is 1. The van der Waals surface area contributed by atoms with Gasteiger partial charge in [0, 0.05) is 45.2 Å². The lowest BCUT2D eigenvalue weighted by molar-refractivity contribution is -0.141. The lowest BCUT2D eigenvalue weighted by atomic mass is 9.79. The Morgan fingerprint density at radius 3 is 2.48 bits per heavy atom. The normalized spacial score (nSPS) is 30.2. The van der Waals surface area contributed by atoms with Gasteiger partial charge < -0.3 is 15.5 Å². The molecule has 23 heavy (non-hydrogen) atoms. The first kappa shape index (κ1) is 14.8. The van der Waals surface area contributed by atoms with Gasteiger partial charge in [-0.25, -0.2) is 4.39 Å². The maximum absolute atomic E-state index is 13.1. The summed E-state index contributed by atoms with van der Waals surface area (Å²) in [6, 6.07) is 6.61. The number of hydrogen-bond acceptors (Lipinski definition) is 3.